The number of non-ortho nitro benzene ring substituents is 1. The number of aromatic nitrogens is 2. The third-order valence-corrected chi connectivity index (χ3v) is 9.16. The Hall–Kier alpha value is -5.85. The summed E-state index contributed by atoms with van der Waals surface area (Å²) in [6, 6.07) is 18.9. The van der Waals surface area contributed by atoms with E-state index >= 15 is 0 Å². The molecule has 1 aliphatic rings. The first-order valence-corrected chi connectivity index (χ1v) is 18.4. The Labute approximate surface area is 320 Å². The van der Waals surface area contributed by atoms with E-state index in [0.29, 0.717) is 22.5 Å². The highest BCUT2D eigenvalue weighted by Gasteiger charge is 2.39. The fourth-order valence-corrected chi connectivity index (χ4v) is 6.20. The summed E-state index contributed by atoms with van der Waals surface area (Å²) in [7, 11) is -2.41. The second-order valence-corrected chi connectivity index (χ2v) is 14.4. The topological polar surface area (TPSA) is 195 Å². The summed E-state index contributed by atoms with van der Waals surface area (Å²) in [4.78, 5) is 36.4. The SMILES string of the molecule is COCCOC(=O)C1=C(C)NC(C)=C(C(=O)OC(C)C)C1c1cccc([N+](=O)[O-])c1.Cc1ccc(-c2cc(C(F)(F)F)nn2-c2ccc(S(N)(=O)=O)cc2)cc1. The van der Waals surface area contributed by atoms with Crippen molar-refractivity contribution >= 4 is 27.6 Å². The number of nitrogens with zero attached hydrogens (tertiary/aromatic N) is 3. The molecule has 4 aromatic rings. The van der Waals surface area contributed by atoms with Crippen LogP contribution >= 0.6 is 0 Å². The first-order chi connectivity index (χ1) is 26.2. The zero-order valence-electron chi connectivity index (χ0n) is 31.2. The highest BCUT2D eigenvalue weighted by atomic mass is 32.2. The molecule has 0 fully saturated rings. The summed E-state index contributed by atoms with van der Waals surface area (Å²) < 4.78 is 78.8. The van der Waals surface area contributed by atoms with E-state index in [4.69, 9.17) is 19.3 Å². The minimum atomic E-state index is -4.61. The molecule has 3 N–H and O–H groups in total. The van der Waals surface area contributed by atoms with Crippen LogP contribution in [0.2, 0.25) is 0 Å². The van der Waals surface area contributed by atoms with Gasteiger partial charge >= 0.3 is 18.1 Å². The Balaban J connectivity index is 0.000000251. The van der Waals surface area contributed by atoms with Crippen molar-refractivity contribution in [1.82, 2.24) is 15.1 Å². The van der Waals surface area contributed by atoms with Gasteiger partial charge in [-0.1, -0.05) is 42.0 Å². The largest absolute Gasteiger partial charge is 0.460 e. The van der Waals surface area contributed by atoms with Crippen molar-refractivity contribution in [3.63, 3.8) is 0 Å². The predicted octanol–water partition coefficient (Wildman–Crippen LogP) is 6.48. The lowest BCUT2D eigenvalue weighted by Gasteiger charge is -2.30. The number of hydrogen-bond donors (Lipinski definition) is 2. The van der Waals surface area contributed by atoms with Gasteiger partial charge in [-0.2, -0.15) is 18.3 Å². The lowest BCUT2D eigenvalue weighted by Crippen LogP contribution is -2.33. The van der Waals surface area contributed by atoms with Gasteiger partial charge in [0.25, 0.3) is 5.69 Å². The molecule has 0 amide bonds. The number of nitro groups is 1. The van der Waals surface area contributed by atoms with Gasteiger partial charge in [-0.15, -0.1) is 0 Å². The number of aryl methyl sites for hydroxylation is 1. The van der Waals surface area contributed by atoms with Crippen molar-refractivity contribution in [2.45, 2.75) is 57.7 Å². The van der Waals surface area contributed by atoms with Gasteiger partial charge in [0.2, 0.25) is 10.0 Å². The summed E-state index contributed by atoms with van der Waals surface area (Å²) in [5, 5.41) is 23.0. The monoisotopic (exact) mass is 799 g/mol. The number of hydrogen-bond acceptors (Lipinski definition) is 11. The number of benzene rings is 3. The first kappa shape index (κ1) is 42.9. The molecular formula is C38H40F3N5O9S. The molecule has 5 rings (SSSR count). The number of halogens is 3. The minimum absolute atomic E-state index is 0.0300. The number of nitrogens with one attached hydrogen (secondary N) is 1. The number of nitrogens with two attached hydrogens (primary N) is 1. The average Bonchev–Trinajstić information content (AvgIpc) is 3.58. The Morgan fingerprint density at radius 1 is 0.946 bits per heavy atom. The third-order valence-electron chi connectivity index (χ3n) is 8.23. The van der Waals surface area contributed by atoms with Gasteiger partial charge in [0.15, 0.2) is 5.69 Å². The van der Waals surface area contributed by atoms with Crippen molar-refractivity contribution < 1.29 is 50.3 Å². The van der Waals surface area contributed by atoms with Crippen LogP contribution in [0.3, 0.4) is 0 Å². The van der Waals surface area contributed by atoms with E-state index < -0.39 is 44.7 Å². The molecule has 1 aliphatic heterocycles. The molecule has 3 aromatic carbocycles. The zero-order chi connectivity index (χ0) is 41.5. The highest BCUT2D eigenvalue weighted by molar-refractivity contribution is 7.89. The Bertz CT molecular complexity index is 2270. The number of carbonyl (C=O) groups is 2. The molecule has 298 valence electrons. The Morgan fingerprint density at radius 2 is 1.55 bits per heavy atom. The summed E-state index contributed by atoms with van der Waals surface area (Å²) in [5.74, 6) is -2.13. The van der Waals surface area contributed by atoms with Crippen LogP contribution in [0, 0.1) is 17.0 Å². The van der Waals surface area contributed by atoms with E-state index in [0.717, 1.165) is 16.3 Å². The normalized spacial score (nSPS) is 14.5. The molecule has 0 aliphatic carbocycles. The van der Waals surface area contributed by atoms with E-state index in [1.165, 1.54) is 49.6 Å². The van der Waals surface area contributed by atoms with Gasteiger partial charge in [0, 0.05) is 36.2 Å². The predicted molar refractivity (Wildman–Crippen MR) is 199 cm³/mol. The smallest absolute Gasteiger partial charge is 0.435 e. The third kappa shape index (κ3) is 10.5. The Morgan fingerprint density at radius 3 is 2.09 bits per heavy atom. The number of sulfonamides is 1. The van der Waals surface area contributed by atoms with Crippen LogP contribution in [0.1, 0.15) is 50.4 Å². The van der Waals surface area contributed by atoms with Crippen LogP contribution < -0.4 is 10.5 Å². The van der Waals surface area contributed by atoms with Crippen LogP contribution in [0.15, 0.2) is 106 Å². The standard InChI is InChI=1S/C21H26N2O7.C17H14F3N3O2S/c1-12(2)30-21(25)18-14(4)22-13(3)17(20(24)29-10-9-28-5)19(18)15-7-6-8-16(11-15)23(26)27;1-11-2-4-12(5-3-11)15-10-16(17(18,19)20)22-23(15)13-6-8-14(9-7-13)26(21,24)25/h6-8,11-12,19,22H,9-10H2,1-5H3;2-10H,1H3,(H2,21,24,25). The average molecular weight is 800 g/mol. The number of dihydropyridines is 1. The van der Waals surface area contributed by atoms with Gasteiger partial charge in [-0.3, -0.25) is 10.1 Å². The van der Waals surface area contributed by atoms with E-state index in [1.54, 1.807) is 58.0 Å². The summed E-state index contributed by atoms with van der Waals surface area (Å²) in [6.07, 6.45) is -4.99. The number of ether oxygens (including phenoxy) is 3. The molecule has 1 aromatic heterocycles. The number of allylic oxidation sites excluding steroid dienone is 2. The van der Waals surface area contributed by atoms with Crippen LogP contribution in [0.4, 0.5) is 18.9 Å². The molecule has 0 saturated carbocycles. The maximum atomic E-state index is 13.1. The lowest BCUT2D eigenvalue weighted by molar-refractivity contribution is -0.384. The molecular weight excluding hydrogens is 760 g/mol. The molecule has 0 bridgehead atoms. The van der Waals surface area contributed by atoms with E-state index in [2.05, 4.69) is 10.4 Å². The second-order valence-electron chi connectivity index (χ2n) is 12.8. The summed E-state index contributed by atoms with van der Waals surface area (Å²) in [6.45, 7) is 8.92. The molecule has 2 heterocycles. The molecule has 14 nitrogen and oxygen atoms in total. The molecule has 1 unspecified atom stereocenters. The highest BCUT2D eigenvalue weighted by Crippen LogP contribution is 2.40. The maximum absolute atomic E-state index is 13.1. The first-order valence-electron chi connectivity index (χ1n) is 16.9. The number of nitro benzene ring substituents is 1. The van der Waals surface area contributed by atoms with Crippen LogP contribution in [0.5, 0.6) is 0 Å². The quantitative estimate of drug-likeness (QED) is 0.0729. The molecule has 56 heavy (non-hydrogen) atoms. The van der Waals surface area contributed by atoms with Crippen molar-refractivity contribution in [2.24, 2.45) is 5.14 Å². The fraction of sp³-hybridized carbons (Fsp3) is 0.289. The molecule has 0 saturated heterocycles. The number of rotatable bonds is 11. The van der Waals surface area contributed by atoms with Crippen molar-refractivity contribution in [3.8, 4) is 16.9 Å². The molecule has 1 atom stereocenters. The summed E-state index contributed by atoms with van der Waals surface area (Å²) in [5.41, 5.74) is 2.65. The van der Waals surface area contributed by atoms with Gasteiger partial charge in [-0.05, 0) is 70.5 Å². The number of carbonyl (C=O) groups excluding carboxylic acids is 2. The lowest BCUT2D eigenvalue weighted by atomic mass is 9.80. The number of alkyl halides is 3. The number of methoxy groups -OCH3 is 1. The number of primary sulfonamides is 1. The van der Waals surface area contributed by atoms with Crippen molar-refractivity contribution in [3.05, 3.63) is 128 Å². The molecule has 18 heteroatoms. The van der Waals surface area contributed by atoms with E-state index in [9.17, 15) is 41.3 Å². The van der Waals surface area contributed by atoms with Crippen LogP contribution in [-0.2, 0) is 40.0 Å². The Kier molecular flexibility index (Phi) is 13.6. The zero-order valence-corrected chi connectivity index (χ0v) is 32.0. The molecule has 0 spiro atoms. The van der Waals surface area contributed by atoms with Crippen LogP contribution in [0.25, 0.3) is 16.9 Å². The van der Waals surface area contributed by atoms with E-state index in [1.807, 2.05) is 6.92 Å². The van der Waals surface area contributed by atoms with Crippen LogP contribution in [-0.4, -0.2) is 61.5 Å². The van der Waals surface area contributed by atoms with E-state index in [-0.39, 0.29) is 52.4 Å². The molecule has 0 radical (unpaired) electrons. The van der Waals surface area contributed by atoms with Gasteiger partial charge in [0.05, 0.1) is 51.0 Å². The van der Waals surface area contributed by atoms with Gasteiger partial charge in [0.1, 0.15) is 6.61 Å². The summed E-state index contributed by atoms with van der Waals surface area (Å²) >= 11 is 0. The van der Waals surface area contributed by atoms with Crippen molar-refractivity contribution in [1.29, 1.82) is 0 Å². The van der Waals surface area contributed by atoms with Crippen molar-refractivity contribution in [2.75, 3.05) is 20.3 Å². The van der Waals surface area contributed by atoms with Gasteiger partial charge < -0.3 is 19.5 Å². The van der Waals surface area contributed by atoms with Gasteiger partial charge in [-0.25, -0.2) is 27.8 Å². The fourth-order valence-electron chi connectivity index (χ4n) is 5.68. The minimum Gasteiger partial charge on any atom is -0.460 e. The number of esters is 2. The maximum Gasteiger partial charge on any atom is 0.435 e. The second kappa shape index (κ2) is 17.7.